The first-order chi connectivity index (χ1) is 9.90. The molecule has 2 rings (SSSR count). The molecule has 0 saturated carbocycles. The highest BCUT2D eigenvalue weighted by atomic mass is 16.6. The van der Waals surface area contributed by atoms with Gasteiger partial charge in [0.1, 0.15) is 11.3 Å². The zero-order chi connectivity index (χ0) is 15.5. The van der Waals surface area contributed by atoms with Crippen molar-refractivity contribution in [2.45, 2.75) is 26.4 Å². The zero-order valence-electron chi connectivity index (χ0n) is 12.3. The minimum Gasteiger partial charge on any atom is -0.456 e. The van der Waals surface area contributed by atoms with Gasteiger partial charge in [0.05, 0.1) is 5.56 Å². The van der Waals surface area contributed by atoms with Crippen molar-refractivity contribution in [2.24, 2.45) is 5.18 Å². The number of rotatable bonds is 3. The predicted octanol–water partition coefficient (Wildman–Crippen LogP) is 4.71. The van der Waals surface area contributed by atoms with Crippen molar-refractivity contribution in [3.8, 4) is 11.1 Å². The van der Waals surface area contributed by atoms with Crippen LogP contribution in [-0.4, -0.2) is 11.6 Å². The van der Waals surface area contributed by atoms with E-state index in [1.807, 2.05) is 39.0 Å². The Bertz CT molecular complexity index is 672. The van der Waals surface area contributed by atoms with E-state index in [0.29, 0.717) is 11.3 Å². The molecule has 0 atom stereocenters. The lowest BCUT2D eigenvalue weighted by molar-refractivity contribution is 0.00705. The molecule has 0 aliphatic rings. The molecule has 0 heterocycles. The van der Waals surface area contributed by atoms with Crippen LogP contribution in [0.5, 0.6) is 0 Å². The van der Waals surface area contributed by atoms with Crippen LogP contribution in [0.25, 0.3) is 11.1 Å². The van der Waals surface area contributed by atoms with Crippen molar-refractivity contribution in [3.05, 3.63) is 59.0 Å². The highest BCUT2D eigenvalue weighted by molar-refractivity contribution is 5.97. The summed E-state index contributed by atoms with van der Waals surface area (Å²) in [5, 5.41) is 2.92. The predicted molar refractivity (Wildman–Crippen MR) is 82.5 cm³/mol. The minimum atomic E-state index is -0.559. The zero-order valence-corrected chi connectivity index (χ0v) is 12.3. The van der Waals surface area contributed by atoms with Gasteiger partial charge in [-0.25, -0.2) is 4.79 Å². The summed E-state index contributed by atoms with van der Waals surface area (Å²) in [5.41, 5.74) is 1.71. The smallest absolute Gasteiger partial charge is 0.339 e. The molecule has 0 unspecified atom stereocenters. The van der Waals surface area contributed by atoms with E-state index in [1.54, 1.807) is 30.3 Å². The lowest BCUT2D eigenvalue weighted by Gasteiger charge is -2.20. The highest BCUT2D eigenvalue weighted by Crippen LogP contribution is 2.28. The van der Waals surface area contributed by atoms with Crippen LogP contribution in [0.2, 0.25) is 0 Å². The Balaban J connectivity index is 2.45. The maximum Gasteiger partial charge on any atom is 0.339 e. The Kier molecular flexibility index (Phi) is 4.17. The monoisotopic (exact) mass is 283 g/mol. The lowest BCUT2D eigenvalue weighted by Crippen LogP contribution is -2.24. The van der Waals surface area contributed by atoms with Gasteiger partial charge in [-0.05, 0) is 55.3 Å². The fourth-order valence-corrected chi connectivity index (χ4v) is 1.98. The van der Waals surface area contributed by atoms with Gasteiger partial charge >= 0.3 is 5.97 Å². The van der Waals surface area contributed by atoms with E-state index < -0.39 is 5.60 Å². The number of carbonyl (C=O) groups excluding carboxylic acids is 1. The molecule has 0 saturated heterocycles. The van der Waals surface area contributed by atoms with Gasteiger partial charge < -0.3 is 4.74 Å². The van der Waals surface area contributed by atoms with E-state index >= 15 is 0 Å². The van der Waals surface area contributed by atoms with Gasteiger partial charge in [0.25, 0.3) is 0 Å². The second-order valence-corrected chi connectivity index (χ2v) is 5.69. The Morgan fingerprint density at radius 1 is 1.05 bits per heavy atom. The van der Waals surface area contributed by atoms with E-state index in [0.717, 1.165) is 11.1 Å². The molecule has 0 amide bonds. The summed E-state index contributed by atoms with van der Waals surface area (Å²) in [7, 11) is 0. The number of benzene rings is 2. The number of hydrogen-bond donors (Lipinski definition) is 0. The fraction of sp³-hybridized carbons (Fsp3) is 0.235. The van der Waals surface area contributed by atoms with Gasteiger partial charge in [-0.2, -0.15) is 0 Å². The van der Waals surface area contributed by atoms with Gasteiger partial charge in [-0.3, -0.25) is 0 Å². The minimum absolute atomic E-state index is 0.325. The lowest BCUT2D eigenvalue weighted by atomic mass is 9.99. The third-order valence-corrected chi connectivity index (χ3v) is 2.81. The first-order valence-corrected chi connectivity index (χ1v) is 6.67. The van der Waals surface area contributed by atoms with E-state index in [1.165, 1.54) is 0 Å². The van der Waals surface area contributed by atoms with E-state index in [4.69, 9.17) is 4.74 Å². The van der Waals surface area contributed by atoms with Crippen molar-refractivity contribution < 1.29 is 9.53 Å². The van der Waals surface area contributed by atoms with Gasteiger partial charge in [0.2, 0.25) is 0 Å². The summed E-state index contributed by atoms with van der Waals surface area (Å²) in [6.07, 6.45) is 0. The van der Waals surface area contributed by atoms with Crippen LogP contribution in [0.1, 0.15) is 31.1 Å². The summed E-state index contributed by atoms with van der Waals surface area (Å²) in [6.45, 7) is 5.47. The molecule has 0 N–H and O–H groups in total. The molecule has 0 aliphatic heterocycles. The average Bonchev–Trinajstić information content (AvgIpc) is 2.45. The summed E-state index contributed by atoms with van der Waals surface area (Å²) < 4.78 is 5.42. The van der Waals surface area contributed by atoms with Crippen molar-refractivity contribution in [3.63, 3.8) is 0 Å². The largest absolute Gasteiger partial charge is 0.456 e. The molecule has 108 valence electrons. The van der Waals surface area contributed by atoms with Crippen LogP contribution in [0.4, 0.5) is 5.69 Å². The van der Waals surface area contributed by atoms with Crippen LogP contribution in [0.3, 0.4) is 0 Å². The molecule has 21 heavy (non-hydrogen) atoms. The quantitative estimate of drug-likeness (QED) is 0.605. The Morgan fingerprint density at radius 2 is 1.76 bits per heavy atom. The Labute approximate surface area is 123 Å². The third kappa shape index (κ3) is 3.75. The van der Waals surface area contributed by atoms with Crippen LogP contribution in [-0.2, 0) is 4.74 Å². The van der Waals surface area contributed by atoms with Crippen molar-refractivity contribution >= 4 is 11.7 Å². The van der Waals surface area contributed by atoms with Crippen LogP contribution in [0.15, 0.2) is 53.7 Å². The molecule has 0 fully saturated rings. The van der Waals surface area contributed by atoms with E-state index in [2.05, 4.69) is 5.18 Å². The molecule has 4 nitrogen and oxygen atoms in total. The van der Waals surface area contributed by atoms with Crippen LogP contribution in [0, 0.1) is 4.91 Å². The van der Waals surface area contributed by atoms with Gasteiger partial charge in [0.15, 0.2) is 0 Å². The molecule has 0 spiro atoms. The Morgan fingerprint density at radius 3 is 2.43 bits per heavy atom. The fourth-order valence-electron chi connectivity index (χ4n) is 1.98. The van der Waals surface area contributed by atoms with Gasteiger partial charge in [-0.15, -0.1) is 4.91 Å². The van der Waals surface area contributed by atoms with Crippen molar-refractivity contribution in [1.82, 2.24) is 0 Å². The standard InChI is InChI=1S/C17H17NO3/c1-17(2,3)21-16(19)15-10-5-4-9-14(15)12-7-6-8-13(11-12)18-20/h4-11H,1-3H3. The summed E-state index contributed by atoms with van der Waals surface area (Å²) >= 11 is 0. The molecule has 2 aromatic carbocycles. The van der Waals surface area contributed by atoms with Crippen molar-refractivity contribution in [2.75, 3.05) is 0 Å². The molecule has 0 aliphatic carbocycles. The number of nitroso groups, excluding NO2 is 1. The van der Waals surface area contributed by atoms with Gasteiger partial charge in [0, 0.05) is 0 Å². The summed E-state index contributed by atoms with van der Waals surface area (Å²) in [5.74, 6) is -0.387. The second-order valence-electron chi connectivity index (χ2n) is 5.69. The second kappa shape index (κ2) is 5.87. The SMILES string of the molecule is CC(C)(C)OC(=O)c1ccccc1-c1cccc(N=O)c1. The molecular formula is C17H17NO3. The maximum atomic E-state index is 12.3. The third-order valence-electron chi connectivity index (χ3n) is 2.81. The molecule has 0 radical (unpaired) electrons. The van der Waals surface area contributed by atoms with Crippen molar-refractivity contribution in [1.29, 1.82) is 0 Å². The average molecular weight is 283 g/mol. The molecular weight excluding hydrogens is 266 g/mol. The Hall–Kier alpha value is -2.49. The number of carbonyl (C=O) groups is 1. The highest BCUT2D eigenvalue weighted by Gasteiger charge is 2.20. The van der Waals surface area contributed by atoms with E-state index in [-0.39, 0.29) is 5.97 Å². The first kappa shape index (κ1) is 14.9. The number of nitrogens with zero attached hydrogens (tertiary/aromatic N) is 1. The number of esters is 1. The van der Waals surface area contributed by atoms with Crippen LogP contribution >= 0.6 is 0 Å². The first-order valence-electron chi connectivity index (χ1n) is 6.67. The van der Waals surface area contributed by atoms with E-state index in [9.17, 15) is 9.70 Å². The number of hydrogen-bond acceptors (Lipinski definition) is 4. The molecule has 0 bridgehead atoms. The molecule has 0 aromatic heterocycles. The van der Waals surface area contributed by atoms with Gasteiger partial charge in [-0.1, -0.05) is 30.3 Å². The summed E-state index contributed by atoms with van der Waals surface area (Å²) in [4.78, 5) is 23.0. The molecule has 4 heteroatoms. The summed E-state index contributed by atoms with van der Waals surface area (Å²) in [6, 6.07) is 14.0. The maximum absolute atomic E-state index is 12.3. The number of ether oxygens (including phenoxy) is 1. The van der Waals surface area contributed by atoms with Crippen LogP contribution < -0.4 is 0 Å². The molecule has 2 aromatic rings. The topological polar surface area (TPSA) is 55.7 Å². The normalized spacial score (nSPS) is 11.0.